The highest BCUT2D eigenvalue weighted by atomic mass is 35.5. The quantitative estimate of drug-likeness (QED) is 0.647. The molecular weight excluding hydrogens is 347 g/mol. The molecule has 6 heteroatoms. The first-order valence-corrected chi connectivity index (χ1v) is 8.00. The minimum absolute atomic E-state index is 0.158. The summed E-state index contributed by atoms with van der Waals surface area (Å²) in [5.74, 6) is -0.158. The molecule has 0 saturated carbocycles. The van der Waals surface area contributed by atoms with Gasteiger partial charge in [0.05, 0.1) is 19.1 Å². The predicted molar refractivity (Wildman–Crippen MR) is 94.7 cm³/mol. The van der Waals surface area contributed by atoms with Crippen LogP contribution in [-0.4, -0.2) is 10.9 Å². The van der Waals surface area contributed by atoms with Crippen LogP contribution in [0.5, 0.6) is 0 Å². The number of anilines is 1. The van der Waals surface area contributed by atoms with Crippen molar-refractivity contribution in [2.24, 2.45) is 0 Å². The Labute approximate surface area is 149 Å². The van der Waals surface area contributed by atoms with Gasteiger partial charge in [-0.3, -0.25) is 9.78 Å². The number of carbonyl (C=O) groups excluding carboxylic acids is 1. The van der Waals surface area contributed by atoms with E-state index in [-0.39, 0.29) is 5.91 Å². The number of halogens is 2. The summed E-state index contributed by atoms with van der Waals surface area (Å²) in [7, 11) is 0. The van der Waals surface area contributed by atoms with Gasteiger partial charge in [0.15, 0.2) is 0 Å². The maximum Gasteiger partial charge on any atom is 0.258 e. The molecule has 0 saturated heterocycles. The van der Waals surface area contributed by atoms with E-state index in [1.165, 1.54) is 0 Å². The molecule has 0 N–H and O–H groups in total. The van der Waals surface area contributed by atoms with Crippen molar-refractivity contribution in [2.75, 3.05) is 4.90 Å². The first-order valence-electron chi connectivity index (χ1n) is 7.24. The maximum atomic E-state index is 13.1. The molecule has 122 valence electrons. The number of nitrogens with zero attached hydrogens (tertiary/aromatic N) is 2. The van der Waals surface area contributed by atoms with Gasteiger partial charge in [0.25, 0.3) is 5.91 Å². The molecule has 3 rings (SSSR count). The lowest BCUT2D eigenvalue weighted by Crippen LogP contribution is -2.31. The number of carbonyl (C=O) groups is 1. The van der Waals surface area contributed by atoms with Gasteiger partial charge in [0.2, 0.25) is 0 Å². The van der Waals surface area contributed by atoms with Gasteiger partial charge < -0.3 is 9.32 Å². The average Bonchev–Trinajstić information content (AvgIpc) is 3.04. The van der Waals surface area contributed by atoms with E-state index in [2.05, 4.69) is 4.98 Å². The molecule has 0 aliphatic rings. The van der Waals surface area contributed by atoms with Gasteiger partial charge in [0.1, 0.15) is 0 Å². The normalized spacial score (nSPS) is 10.6. The second-order valence-electron chi connectivity index (χ2n) is 5.34. The van der Waals surface area contributed by atoms with Gasteiger partial charge >= 0.3 is 0 Å². The van der Waals surface area contributed by atoms with Gasteiger partial charge in [-0.1, -0.05) is 23.2 Å². The predicted octanol–water partition coefficient (Wildman–Crippen LogP) is 5.14. The monoisotopic (exact) mass is 360 g/mol. The van der Waals surface area contributed by atoms with Crippen molar-refractivity contribution in [3.8, 4) is 0 Å². The Bertz CT molecular complexity index is 843. The van der Waals surface area contributed by atoms with Crippen molar-refractivity contribution in [1.82, 2.24) is 4.98 Å². The third-order valence-corrected chi connectivity index (χ3v) is 4.01. The number of furan rings is 1. The van der Waals surface area contributed by atoms with Crippen LogP contribution in [0.4, 0.5) is 5.69 Å². The van der Waals surface area contributed by atoms with Crippen molar-refractivity contribution in [3.05, 3.63) is 82.0 Å². The summed E-state index contributed by atoms with van der Waals surface area (Å²) >= 11 is 12.2. The van der Waals surface area contributed by atoms with Crippen LogP contribution in [0.2, 0.25) is 10.0 Å². The van der Waals surface area contributed by atoms with Crippen LogP contribution in [0.3, 0.4) is 0 Å². The molecule has 1 amide bonds. The minimum atomic E-state index is -0.158. The first-order chi connectivity index (χ1) is 11.5. The molecule has 0 radical (unpaired) electrons. The van der Waals surface area contributed by atoms with Crippen LogP contribution >= 0.6 is 23.2 Å². The zero-order valence-corrected chi connectivity index (χ0v) is 14.4. The number of hydrogen-bond donors (Lipinski definition) is 0. The van der Waals surface area contributed by atoms with Gasteiger partial charge in [-0.2, -0.15) is 0 Å². The number of rotatable bonds is 4. The summed E-state index contributed by atoms with van der Waals surface area (Å²) in [5, 5.41) is 0.933. The lowest BCUT2D eigenvalue weighted by Gasteiger charge is -2.23. The zero-order valence-electron chi connectivity index (χ0n) is 12.9. The Hall–Kier alpha value is -2.30. The SMILES string of the molecule is Cc1cnccc1C(=O)N(Cc1ccoc1)c1cc(Cl)cc(Cl)c1. The van der Waals surface area contributed by atoms with Gasteiger partial charge in [-0.25, -0.2) is 0 Å². The van der Waals surface area contributed by atoms with E-state index in [9.17, 15) is 4.79 Å². The lowest BCUT2D eigenvalue weighted by atomic mass is 10.1. The van der Waals surface area contributed by atoms with E-state index in [0.717, 1.165) is 11.1 Å². The largest absolute Gasteiger partial charge is 0.472 e. The molecule has 0 aliphatic heterocycles. The number of aromatic nitrogens is 1. The van der Waals surface area contributed by atoms with E-state index in [1.54, 1.807) is 54.1 Å². The zero-order chi connectivity index (χ0) is 17.1. The van der Waals surface area contributed by atoms with Gasteiger partial charge in [-0.05, 0) is 42.8 Å². The van der Waals surface area contributed by atoms with Crippen molar-refractivity contribution < 1.29 is 9.21 Å². The molecule has 2 aromatic heterocycles. The van der Waals surface area contributed by atoms with Crippen LogP contribution in [0.15, 0.2) is 59.7 Å². The minimum Gasteiger partial charge on any atom is -0.472 e. The fourth-order valence-electron chi connectivity index (χ4n) is 2.40. The van der Waals surface area contributed by atoms with Crippen LogP contribution in [0.1, 0.15) is 21.5 Å². The molecular formula is C18H14Cl2N2O2. The molecule has 24 heavy (non-hydrogen) atoms. The van der Waals surface area contributed by atoms with Crippen molar-refractivity contribution in [1.29, 1.82) is 0 Å². The van der Waals surface area contributed by atoms with E-state index in [0.29, 0.717) is 27.8 Å². The van der Waals surface area contributed by atoms with E-state index in [1.807, 2.05) is 13.0 Å². The van der Waals surface area contributed by atoms with Crippen LogP contribution in [0.25, 0.3) is 0 Å². The second kappa shape index (κ2) is 7.07. The molecule has 0 fully saturated rings. The molecule has 3 aromatic rings. The number of aryl methyl sites for hydroxylation is 1. The number of benzene rings is 1. The molecule has 0 aliphatic carbocycles. The van der Waals surface area contributed by atoms with E-state index >= 15 is 0 Å². The Balaban J connectivity index is 2.04. The second-order valence-corrected chi connectivity index (χ2v) is 6.21. The number of amides is 1. The summed E-state index contributed by atoms with van der Waals surface area (Å²) in [6, 6.07) is 8.56. The Morgan fingerprint density at radius 1 is 1.21 bits per heavy atom. The van der Waals surface area contributed by atoms with Crippen molar-refractivity contribution in [3.63, 3.8) is 0 Å². The topological polar surface area (TPSA) is 46.3 Å². The van der Waals surface area contributed by atoms with Crippen LogP contribution < -0.4 is 4.90 Å². The average molecular weight is 361 g/mol. The molecule has 4 nitrogen and oxygen atoms in total. The third-order valence-electron chi connectivity index (χ3n) is 3.58. The van der Waals surface area contributed by atoms with Crippen LogP contribution in [0, 0.1) is 6.92 Å². The summed E-state index contributed by atoms with van der Waals surface area (Å²) in [6.45, 7) is 2.19. The molecule has 0 bridgehead atoms. The fourth-order valence-corrected chi connectivity index (χ4v) is 2.91. The highest BCUT2D eigenvalue weighted by Gasteiger charge is 2.21. The van der Waals surface area contributed by atoms with E-state index < -0.39 is 0 Å². The molecule has 0 atom stereocenters. The van der Waals surface area contributed by atoms with Crippen molar-refractivity contribution in [2.45, 2.75) is 13.5 Å². The lowest BCUT2D eigenvalue weighted by molar-refractivity contribution is 0.0984. The van der Waals surface area contributed by atoms with E-state index in [4.69, 9.17) is 27.6 Å². The molecule has 2 heterocycles. The third kappa shape index (κ3) is 3.61. The molecule has 0 unspecified atom stereocenters. The Morgan fingerprint density at radius 2 is 1.96 bits per heavy atom. The highest BCUT2D eigenvalue weighted by Crippen LogP contribution is 2.28. The fraction of sp³-hybridized carbons (Fsp3) is 0.111. The summed E-state index contributed by atoms with van der Waals surface area (Å²) < 4.78 is 5.11. The summed E-state index contributed by atoms with van der Waals surface area (Å²) in [4.78, 5) is 18.7. The molecule has 1 aromatic carbocycles. The highest BCUT2D eigenvalue weighted by molar-refractivity contribution is 6.35. The van der Waals surface area contributed by atoms with Gasteiger partial charge in [-0.15, -0.1) is 0 Å². The number of pyridine rings is 1. The van der Waals surface area contributed by atoms with Gasteiger partial charge in [0, 0.05) is 39.3 Å². The Morgan fingerprint density at radius 3 is 2.58 bits per heavy atom. The summed E-state index contributed by atoms with van der Waals surface area (Å²) in [6.07, 6.45) is 6.43. The Kier molecular flexibility index (Phi) is 4.88. The van der Waals surface area contributed by atoms with Crippen LogP contribution in [-0.2, 0) is 6.54 Å². The summed E-state index contributed by atoms with van der Waals surface area (Å²) in [5.41, 5.74) is 2.86. The first kappa shape index (κ1) is 16.6. The van der Waals surface area contributed by atoms with Crippen molar-refractivity contribution >= 4 is 34.8 Å². The number of hydrogen-bond acceptors (Lipinski definition) is 3. The maximum absolute atomic E-state index is 13.1. The standard InChI is InChI=1S/C18H14Cl2N2O2/c1-12-9-21-4-2-17(12)18(23)22(10-13-3-5-24-11-13)16-7-14(19)6-15(20)8-16/h2-9,11H,10H2,1H3. The molecule has 0 spiro atoms. The smallest absolute Gasteiger partial charge is 0.258 e.